The van der Waals surface area contributed by atoms with Crippen LogP contribution in [0.2, 0.25) is 0 Å². The van der Waals surface area contributed by atoms with Gasteiger partial charge in [0.15, 0.2) is 0 Å². The monoisotopic (exact) mass is 319 g/mol. The Morgan fingerprint density at radius 1 is 0.957 bits per heavy atom. The molecule has 0 spiro atoms. The fraction of sp³-hybridized carbons (Fsp3) is 0. The van der Waals surface area contributed by atoms with E-state index in [1.165, 1.54) is 18.2 Å². The Morgan fingerprint density at radius 2 is 1.65 bits per heavy atom. The lowest BCUT2D eigenvalue weighted by Gasteiger charge is -2.08. The Balaban J connectivity index is 2.04. The van der Waals surface area contributed by atoms with Crippen molar-refractivity contribution >= 4 is 29.1 Å². The van der Waals surface area contributed by atoms with Crippen LogP contribution < -0.4 is 16.4 Å². The third-order valence-electron chi connectivity index (χ3n) is 2.82. The largest absolute Gasteiger partial charge is 0.398 e. The summed E-state index contributed by atoms with van der Waals surface area (Å²) in [4.78, 5) is 35.1. The highest BCUT2D eigenvalue weighted by Gasteiger charge is 2.20. The molecule has 2 aromatic carbocycles. The molecule has 0 aliphatic heterocycles. The predicted octanol–water partition coefficient (Wildman–Crippen LogP) is 1.44. The first-order valence-electron chi connectivity index (χ1n) is 6.34. The number of para-hydroxylation sites is 1. The van der Waals surface area contributed by atoms with Gasteiger partial charge in [-0.25, -0.2) is 8.78 Å². The van der Waals surface area contributed by atoms with Gasteiger partial charge in [-0.3, -0.25) is 19.7 Å². The lowest BCUT2D eigenvalue weighted by atomic mass is 10.1. The van der Waals surface area contributed by atoms with Crippen LogP contribution in [0.5, 0.6) is 0 Å². The molecule has 0 bridgehead atoms. The van der Waals surface area contributed by atoms with Crippen LogP contribution in [0.1, 0.15) is 10.4 Å². The van der Waals surface area contributed by atoms with Gasteiger partial charge in [-0.2, -0.15) is 0 Å². The molecule has 0 fully saturated rings. The highest BCUT2D eigenvalue weighted by atomic mass is 19.1. The highest BCUT2D eigenvalue weighted by molar-refractivity contribution is 6.42. The molecule has 8 heteroatoms. The van der Waals surface area contributed by atoms with Crippen molar-refractivity contribution in [2.24, 2.45) is 0 Å². The summed E-state index contributed by atoms with van der Waals surface area (Å²) >= 11 is 0. The van der Waals surface area contributed by atoms with E-state index in [0.717, 1.165) is 12.1 Å². The molecule has 23 heavy (non-hydrogen) atoms. The van der Waals surface area contributed by atoms with Crippen LogP contribution in [0.15, 0.2) is 42.5 Å². The molecule has 0 heterocycles. The number of hydrogen-bond acceptors (Lipinski definition) is 4. The van der Waals surface area contributed by atoms with E-state index in [-0.39, 0.29) is 11.3 Å². The highest BCUT2D eigenvalue weighted by Crippen LogP contribution is 2.15. The van der Waals surface area contributed by atoms with Gasteiger partial charge in [-0.05, 0) is 24.3 Å². The van der Waals surface area contributed by atoms with E-state index in [9.17, 15) is 23.2 Å². The van der Waals surface area contributed by atoms with Gasteiger partial charge in [0.1, 0.15) is 11.6 Å². The molecule has 0 unspecified atom stereocenters. The number of carbonyl (C=O) groups is 3. The number of amides is 3. The van der Waals surface area contributed by atoms with Gasteiger partial charge >= 0.3 is 11.8 Å². The van der Waals surface area contributed by atoms with Crippen molar-refractivity contribution < 1.29 is 23.2 Å². The first kappa shape index (κ1) is 16.1. The SMILES string of the molecule is Nc1ccccc1C(=O)NC(=O)C(=O)Nc1ccc(F)cc1F. The average molecular weight is 319 g/mol. The fourth-order valence-corrected chi connectivity index (χ4v) is 1.70. The summed E-state index contributed by atoms with van der Waals surface area (Å²) in [6.07, 6.45) is 0. The van der Waals surface area contributed by atoms with Crippen molar-refractivity contribution in [1.29, 1.82) is 0 Å². The van der Waals surface area contributed by atoms with Crippen LogP contribution in [0.4, 0.5) is 20.2 Å². The van der Waals surface area contributed by atoms with Crippen molar-refractivity contribution in [3.8, 4) is 0 Å². The number of anilines is 2. The minimum Gasteiger partial charge on any atom is -0.398 e. The summed E-state index contributed by atoms with van der Waals surface area (Å²) in [6, 6.07) is 8.35. The van der Waals surface area contributed by atoms with Gasteiger partial charge < -0.3 is 11.1 Å². The summed E-state index contributed by atoms with van der Waals surface area (Å²) in [7, 11) is 0. The average Bonchev–Trinajstić information content (AvgIpc) is 2.50. The fourth-order valence-electron chi connectivity index (χ4n) is 1.70. The number of nitrogens with one attached hydrogen (secondary N) is 2. The maximum absolute atomic E-state index is 13.4. The molecule has 0 saturated carbocycles. The third kappa shape index (κ3) is 3.88. The Hall–Kier alpha value is -3.29. The quantitative estimate of drug-likeness (QED) is 0.576. The smallest absolute Gasteiger partial charge is 0.316 e. The topological polar surface area (TPSA) is 101 Å². The lowest BCUT2D eigenvalue weighted by Crippen LogP contribution is -2.39. The third-order valence-corrected chi connectivity index (χ3v) is 2.82. The number of rotatable bonds is 2. The van der Waals surface area contributed by atoms with Gasteiger partial charge in [0.25, 0.3) is 5.91 Å². The van der Waals surface area contributed by atoms with Gasteiger partial charge in [0, 0.05) is 11.8 Å². The first-order valence-corrected chi connectivity index (χ1v) is 6.34. The second-order valence-corrected chi connectivity index (χ2v) is 4.45. The van der Waals surface area contributed by atoms with Crippen molar-refractivity contribution in [1.82, 2.24) is 5.32 Å². The van der Waals surface area contributed by atoms with Crippen LogP contribution in [0.25, 0.3) is 0 Å². The number of halogens is 2. The molecular formula is C15H11F2N3O3. The van der Waals surface area contributed by atoms with Crippen molar-refractivity contribution in [3.05, 3.63) is 59.7 Å². The van der Waals surface area contributed by atoms with Crippen LogP contribution in [-0.4, -0.2) is 17.7 Å². The normalized spacial score (nSPS) is 10.0. The van der Waals surface area contributed by atoms with E-state index < -0.39 is 35.0 Å². The van der Waals surface area contributed by atoms with E-state index in [1.807, 2.05) is 10.6 Å². The van der Waals surface area contributed by atoms with Crippen LogP contribution in [0.3, 0.4) is 0 Å². The summed E-state index contributed by atoms with van der Waals surface area (Å²) in [5, 5.41) is 3.75. The zero-order valence-corrected chi connectivity index (χ0v) is 11.6. The lowest BCUT2D eigenvalue weighted by molar-refractivity contribution is -0.135. The second kappa shape index (κ2) is 6.65. The van der Waals surface area contributed by atoms with Crippen LogP contribution in [0, 0.1) is 11.6 Å². The van der Waals surface area contributed by atoms with E-state index in [4.69, 9.17) is 5.73 Å². The van der Waals surface area contributed by atoms with Crippen molar-refractivity contribution in [2.75, 3.05) is 11.1 Å². The van der Waals surface area contributed by atoms with Crippen molar-refractivity contribution in [3.63, 3.8) is 0 Å². The van der Waals surface area contributed by atoms with Crippen LogP contribution >= 0.6 is 0 Å². The zero-order chi connectivity index (χ0) is 17.0. The van der Waals surface area contributed by atoms with Crippen LogP contribution in [-0.2, 0) is 9.59 Å². The van der Waals surface area contributed by atoms with Crippen molar-refractivity contribution in [2.45, 2.75) is 0 Å². The molecular weight excluding hydrogens is 308 g/mol. The van der Waals surface area contributed by atoms with Gasteiger partial charge in [-0.1, -0.05) is 12.1 Å². The number of imide groups is 1. The van der Waals surface area contributed by atoms with Gasteiger partial charge in [0.05, 0.1) is 11.3 Å². The molecule has 0 aromatic heterocycles. The molecule has 2 aromatic rings. The Morgan fingerprint density at radius 3 is 2.30 bits per heavy atom. The molecule has 0 radical (unpaired) electrons. The molecule has 118 valence electrons. The summed E-state index contributed by atoms with van der Waals surface area (Å²) < 4.78 is 26.1. The molecule has 6 nitrogen and oxygen atoms in total. The summed E-state index contributed by atoms with van der Waals surface area (Å²) in [5.41, 5.74) is 5.33. The van der Waals surface area contributed by atoms with E-state index >= 15 is 0 Å². The second-order valence-electron chi connectivity index (χ2n) is 4.45. The van der Waals surface area contributed by atoms with E-state index in [0.29, 0.717) is 6.07 Å². The number of hydrogen-bond donors (Lipinski definition) is 3. The minimum absolute atomic E-state index is 0.0154. The molecule has 0 aliphatic carbocycles. The maximum atomic E-state index is 13.4. The molecule has 0 saturated heterocycles. The Labute approximate surface area is 129 Å². The van der Waals surface area contributed by atoms with Gasteiger partial charge in [-0.15, -0.1) is 0 Å². The Bertz CT molecular complexity index is 793. The van der Waals surface area contributed by atoms with Gasteiger partial charge in [0.2, 0.25) is 0 Å². The number of carbonyl (C=O) groups excluding carboxylic acids is 3. The first-order chi connectivity index (χ1) is 10.9. The Kier molecular flexibility index (Phi) is 4.65. The molecule has 3 amide bonds. The van der Waals surface area contributed by atoms with E-state index in [2.05, 4.69) is 0 Å². The summed E-state index contributed by atoms with van der Waals surface area (Å²) in [5.74, 6) is -5.34. The molecule has 4 N–H and O–H groups in total. The maximum Gasteiger partial charge on any atom is 0.316 e. The number of nitrogen functional groups attached to an aromatic ring is 1. The standard InChI is InChI=1S/C15H11F2N3O3/c16-8-5-6-12(10(17)7-8)19-14(22)15(23)20-13(21)9-3-1-2-4-11(9)18/h1-7H,18H2,(H,19,22)(H,20,21,23). The molecule has 2 rings (SSSR count). The summed E-state index contributed by atoms with van der Waals surface area (Å²) in [6.45, 7) is 0. The number of benzene rings is 2. The molecule has 0 aliphatic rings. The molecule has 0 atom stereocenters. The predicted molar refractivity (Wildman–Crippen MR) is 78.3 cm³/mol. The van der Waals surface area contributed by atoms with E-state index in [1.54, 1.807) is 6.07 Å². The number of nitrogens with two attached hydrogens (primary N) is 1. The zero-order valence-electron chi connectivity index (χ0n) is 11.6. The minimum atomic E-state index is -1.30.